The van der Waals surface area contributed by atoms with Crippen LogP contribution in [0.4, 0.5) is 0 Å². The molecule has 0 atom stereocenters. The van der Waals surface area contributed by atoms with E-state index in [1.54, 1.807) is 0 Å². The lowest BCUT2D eigenvalue weighted by Crippen LogP contribution is -1.54. The first-order valence-electron chi connectivity index (χ1n) is 1.31. The van der Waals surface area contributed by atoms with Crippen LogP contribution in [0.1, 0.15) is 0 Å². The standard InChI is InChI=1S/C5H2O/c1-2-3-4-5-6/h1,5H. The molecule has 1 heteroatoms. The van der Waals surface area contributed by atoms with E-state index in [1.807, 2.05) is 11.8 Å². The van der Waals surface area contributed by atoms with E-state index in [9.17, 15) is 4.79 Å². The van der Waals surface area contributed by atoms with Gasteiger partial charge in [0, 0.05) is 0 Å². The van der Waals surface area contributed by atoms with Gasteiger partial charge in [-0.3, -0.25) is 4.79 Å². The number of hydrogen-bond acceptors (Lipinski definition) is 1. The zero-order valence-corrected chi connectivity index (χ0v) is 3.06. The van der Waals surface area contributed by atoms with Gasteiger partial charge in [-0.15, -0.1) is 6.42 Å². The van der Waals surface area contributed by atoms with Crippen LogP contribution in [0.5, 0.6) is 0 Å². The third kappa shape index (κ3) is 2.79. The third-order valence-corrected chi connectivity index (χ3v) is 0.203. The summed E-state index contributed by atoms with van der Waals surface area (Å²) < 4.78 is 0. The Morgan fingerprint density at radius 2 is 2.33 bits per heavy atom. The SMILES string of the molecule is C#CC#CC=O. The summed E-state index contributed by atoms with van der Waals surface area (Å²) in [6, 6.07) is 0. The van der Waals surface area contributed by atoms with Crippen LogP contribution in [0.25, 0.3) is 0 Å². The van der Waals surface area contributed by atoms with Gasteiger partial charge in [0.2, 0.25) is 0 Å². The van der Waals surface area contributed by atoms with E-state index in [-0.39, 0.29) is 0 Å². The van der Waals surface area contributed by atoms with Crippen molar-refractivity contribution in [1.82, 2.24) is 0 Å². The molecule has 0 heterocycles. The molecule has 0 rings (SSSR count). The molecule has 0 amide bonds. The number of terminal acetylenes is 1. The number of hydrogen-bond donors (Lipinski definition) is 0. The van der Waals surface area contributed by atoms with Gasteiger partial charge in [0.1, 0.15) is 0 Å². The highest BCUT2D eigenvalue weighted by Crippen LogP contribution is 1.39. The van der Waals surface area contributed by atoms with Gasteiger partial charge in [-0.1, -0.05) is 0 Å². The summed E-state index contributed by atoms with van der Waals surface area (Å²) in [5.41, 5.74) is 0. The van der Waals surface area contributed by atoms with E-state index in [1.165, 1.54) is 0 Å². The second-order valence-electron chi connectivity index (χ2n) is 0.532. The maximum Gasteiger partial charge on any atom is 0.193 e. The molecule has 0 spiro atoms. The van der Waals surface area contributed by atoms with Crippen LogP contribution in [-0.2, 0) is 4.79 Å². The molecule has 0 fully saturated rings. The molecule has 0 aromatic carbocycles. The van der Waals surface area contributed by atoms with Crippen LogP contribution in [-0.4, -0.2) is 6.29 Å². The summed E-state index contributed by atoms with van der Waals surface area (Å²) in [6.07, 6.45) is 5.09. The van der Waals surface area contributed by atoms with Crippen LogP contribution in [0, 0.1) is 24.2 Å². The summed E-state index contributed by atoms with van der Waals surface area (Å²) >= 11 is 0. The molecule has 28 valence electrons. The molecule has 0 radical (unpaired) electrons. The van der Waals surface area contributed by atoms with Crippen molar-refractivity contribution in [2.75, 3.05) is 0 Å². The summed E-state index contributed by atoms with van der Waals surface area (Å²) in [4.78, 5) is 9.29. The first-order chi connectivity index (χ1) is 2.91. The molecule has 0 aliphatic heterocycles. The van der Waals surface area contributed by atoms with Crippen LogP contribution >= 0.6 is 0 Å². The molecule has 0 aromatic heterocycles. The van der Waals surface area contributed by atoms with E-state index in [2.05, 4.69) is 12.3 Å². The Kier molecular flexibility index (Phi) is 3.03. The molecule has 0 aromatic rings. The average molecular weight is 78.1 g/mol. The summed E-state index contributed by atoms with van der Waals surface area (Å²) in [7, 11) is 0. The number of rotatable bonds is 0. The zero-order valence-electron chi connectivity index (χ0n) is 3.06. The van der Waals surface area contributed by atoms with Gasteiger partial charge in [-0.25, -0.2) is 0 Å². The van der Waals surface area contributed by atoms with E-state index in [0.29, 0.717) is 6.29 Å². The van der Waals surface area contributed by atoms with Crippen molar-refractivity contribution >= 4 is 6.29 Å². The lowest BCUT2D eigenvalue weighted by Gasteiger charge is -1.44. The first-order valence-corrected chi connectivity index (χ1v) is 1.31. The Hall–Kier alpha value is -1.21. The van der Waals surface area contributed by atoms with Crippen molar-refractivity contribution in [3.05, 3.63) is 0 Å². The van der Waals surface area contributed by atoms with E-state index < -0.39 is 0 Å². The number of carbonyl (C=O) groups is 1. The topological polar surface area (TPSA) is 17.1 Å². The molecule has 0 aliphatic carbocycles. The Bertz CT molecular complexity index is 128. The molecule has 0 bridgehead atoms. The van der Waals surface area contributed by atoms with Gasteiger partial charge in [-0.2, -0.15) is 0 Å². The van der Waals surface area contributed by atoms with Gasteiger partial charge < -0.3 is 0 Å². The fourth-order valence-corrected chi connectivity index (χ4v) is 0.0711. The fourth-order valence-electron chi connectivity index (χ4n) is 0.0711. The molecule has 0 N–H and O–H groups in total. The number of carbonyl (C=O) groups excluding carboxylic acids is 1. The second-order valence-corrected chi connectivity index (χ2v) is 0.532. The average Bonchev–Trinajstić information content (AvgIpc) is 1.61. The molecule has 0 unspecified atom stereocenters. The Morgan fingerprint density at radius 1 is 1.67 bits per heavy atom. The maximum atomic E-state index is 9.29. The van der Waals surface area contributed by atoms with Crippen molar-refractivity contribution in [2.45, 2.75) is 0 Å². The highest BCUT2D eigenvalue weighted by Gasteiger charge is 1.47. The Morgan fingerprint density at radius 3 is 2.50 bits per heavy atom. The smallest absolute Gasteiger partial charge is 0.193 e. The summed E-state index contributed by atoms with van der Waals surface area (Å²) in [5, 5.41) is 0. The van der Waals surface area contributed by atoms with Gasteiger partial charge in [0.15, 0.2) is 6.29 Å². The van der Waals surface area contributed by atoms with E-state index in [0.717, 1.165) is 0 Å². The van der Waals surface area contributed by atoms with Crippen LogP contribution < -0.4 is 0 Å². The van der Waals surface area contributed by atoms with Crippen molar-refractivity contribution in [3.8, 4) is 24.2 Å². The van der Waals surface area contributed by atoms with Crippen LogP contribution in [0.3, 0.4) is 0 Å². The Labute approximate surface area is 36.4 Å². The molecular formula is C5H2O. The van der Waals surface area contributed by atoms with E-state index >= 15 is 0 Å². The molecule has 0 aliphatic rings. The zero-order chi connectivity index (χ0) is 4.83. The lowest BCUT2D eigenvalue weighted by molar-refractivity contribution is -0.103. The third-order valence-electron chi connectivity index (χ3n) is 0.203. The van der Waals surface area contributed by atoms with Crippen molar-refractivity contribution in [3.63, 3.8) is 0 Å². The van der Waals surface area contributed by atoms with Gasteiger partial charge >= 0.3 is 0 Å². The first kappa shape index (κ1) is 4.79. The maximum absolute atomic E-state index is 9.29. The minimum absolute atomic E-state index is 0.458. The minimum atomic E-state index is 0.458. The molecule has 0 saturated carbocycles. The van der Waals surface area contributed by atoms with E-state index in [4.69, 9.17) is 0 Å². The van der Waals surface area contributed by atoms with Crippen LogP contribution in [0.15, 0.2) is 0 Å². The number of aldehydes is 1. The fraction of sp³-hybridized carbons (Fsp3) is 0. The van der Waals surface area contributed by atoms with Crippen LogP contribution in [0.2, 0.25) is 0 Å². The van der Waals surface area contributed by atoms with Gasteiger partial charge in [0.05, 0.1) is 0 Å². The predicted octanol–water partition coefficient (Wildman–Crippen LogP) is -0.178. The van der Waals surface area contributed by atoms with Crippen molar-refractivity contribution in [2.24, 2.45) is 0 Å². The van der Waals surface area contributed by atoms with Crippen molar-refractivity contribution < 1.29 is 4.79 Å². The summed E-state index contributed by atoms with van der Waals surface area (Å²) in [6.45, 7) is 0. The largest absolute Gasteiger partial charge is 0.289 e. The molecular weight excluding hydrogens is 76.1 g/mol. The highest BCUT2D eigenvalue weighted by molar-refractivity contribution is 5.73. The highest BCUT2D eigenvalue weighted by atomic mass is 16.1. The normalized spacial score (nSPS) is 3.83. The minimum Gasteiger partial charge on any atom is -0.289 e. The monoisotopic (exact) mass is 78.0 g/mol. The predicted molar refractivity (Wildman–Crippen MR) is 22.7 cm³/mol. The summed E-state index contributed by atoms with van der Waals surface area (Å²) in [5.74, 6) is 6.12. The van der Waals surface area contributed by atoms with Crippen molar-refractivity contribution in [1.29, 1.82) is 0 Å². The quantitative estimate of drug-likeness (QED) is 0.290. The Balaban J connectivity index is 3.50. The molecule has 1 nitrogen and oxygen atoms in total. The second kappa shape index (κ2) is 3.79. The van der Waals surface area contributed by atoms with Gasteiger partial charge in [-0.05, 0) is 17.8 Å². The molecule has 6 heavy (non-hydrogen) atoms. The molecule has 0 saturated heterocycles. The lowest BCUT2D eigenvalue weighted by atomic mass is 10.6. The van der Waals surface area contributed by atoms with Gasteiger partial charge in [0.25, 0.3) is 0 Å².